The maximum absolute atomic E-state index is 11.7. The standard InChI is InChI=1S/C13H21NO7/c1-21-13(20)7-5-3-2-4-6-10(15)14(8-11(16)17)9-12(18)19/h2-9H2,1H3,(H,16,17)(H,18,19). The van der Waals surface area contributed by atoms with Gasteiger partial charge in [0, 0.05) is 12.8 Å². The molecule has 0 saturated carbocycles. The zero-order chi connectivity index (χ0) is 16.3. The summed E-state index contributed by atoms with van der Waals surface area (Å²) in [6.07, 6.45) is 3.06. The summed E-state index contributed by atoms with van der Waals surface area (Å²) in [5.41, 5.74) is 0. The number of unbranched alkanes of at least 4 members (excludes halogenated alkanes) is 3. The number of methoxy groups -OCH3 is 1. The molecule has 8 nitrogen and oxygen atoms in total. The van der Waals surface area contributed by atoms with Crippen LogP contribution in [0.5, 0.6) is 0 Å². The Balaban J connectivity index is 3.94. The van der Waals surface area contributed by atoms with Crippen LogP contribution < -0.4 is 0 Å². The van der Waals surface area contributed by atoms with Gasteiger partial charge in [-0.05, 0) is 12.8 Å². The summed E-state index contributed by atoms with van der Waals surface area (Å²) in [5, 5.41) is 17.3. The van der Waals surface area contributed by atoms with Crippen LogP contribution in [0.25, 0.3) is 0 Å². The molecule has 0 aliphatic rings. The van der Waals surface area contributed by atoms with E-state index in [1.54, 1.807) is 0 Å². The summed E-state index contributed by atoms with van der Waals surface area (Å²) in [7, 11) is 1.32. The fourth-order valence-corrected chi connectivity index (χ4v) is 1.72. The predicted molar refractivity (Wildman–Crippen MR) is 71.6 cm³/mol. The molecule has 0 radical (unpaired) electrons. The van der Waals surface area contributed by atoms with Crippen LogP contribution in [-0.2, 0) is 23.9 Å². The number of hydrogen-bond acceptors (Lipinski definition) is 5. The van der Waals surface area contributed by atoms with Crippen molar-refractivity contribution in [1.29, 1.82) is 0 Å². The first-order valence-electron chi connectivity index (χ1n) is 6.65. The summed E-state index contributed by atoms with van der Waals surface area (Å²) in [5.74, 6) is -3.27. The van der Waals surface area contributed by atoms with Gasteiger partial charge in [-0.25, -0.2) is 0 Å². The van der Waals surface area contributed by atoms with Gasteiger partial charge in [-0.3, -0.25) is 19.2 Å². The van der Waals surface area contributed by atoms with Crippen LogP contribution in [0.4, 0.5) is 0 Å². The molecule has 0 spiro atoms. The van der Waals surface area contributed by atoms with Crippen molar-refractivity contribution in [3.63, 3.8) is 0 Å². The van der Waals surface area contributed by atoms with E-state index in [-0.39, 0.29) is 12.4 Å². The molecule has 120 valence electrons. The third-order valence-corrected chi connectivity index (χ3v) is 2.75. The van der Waals surface area contributed by atoms with Crippen molar-refractivity contribution in [2.75, 3.05) is 20.2 Å². The summed E-state index contributed by atoms with van der Waals surface area (Å²) in [6.45, 7) is -1.24. The molecule has 0 saturated heterocycles. The third-order valence-electron chi connectivity index (χ3n) is 2.75. The predicted octanol–water partition coefficient (Wildman–Crippen LogP) is 0.498. The van der Waals surface area contributed by atoms with Crippen LogP contribution in [-0.4, -0.2) is 59.1 Å². The number of hydrogen-bond donors (Lipinski definition) is 2. The van der Waals surface area contributed by atoms with Crippen molar-refractivity contribution >= 4 is 23.8 Å². The molecule has 0 atom stereocenters. The van der Waals surface area contributed by atoms with Gasteiger partial charge in [0.15, 0.2) is 0 Å². The number of esters is 1. The van der Waals surface area contributed by atoms with Crippen molar-refractivity contribution in [2.24, 2.45) is 0 Å². The Morgan fingerprint density at radius 3 is 1.76 bits per heavy atom. The average Bonchev–Trinajstić information content (AvgIpc) is 2.40. The molecule has 0 aliphatic carbocycles. The minimum Gasteiger partial charge on any atom is -0.480 e. The molecule has 0 aromatic carbocycles. The molecule has 0 bridgehead atoms. The number of carboxylic acid groups (broad SMARTS) is 2. The highest BCUT2D eigenvalue weighted by Gasteiger charge is 2.18. The molecule has 0 aromatic heterocycles. The number of amides is 1. The Kier molecular flexibility index (Phi) is 9.57. The van der Waals surface area contributed by atoms with E-state index >= 15 is 0 Å². The van der Waals surface area contributed by atoms with Crippen molar-refractivity contribution in [3.05, 3.63) is 0 Å². The SMILES string of the molecule is COC(=O)CCCCCCC(=O)N(CC(=O)O)CC(=O)O. The molecule has 1 amide bonds. The van der Waals surface area contributed by atoms with E-state index in [2.05, 4.69) is 4.74 Å². The molecule has 8 heteroatoms. The number of carbonyl (C=O) groups excluding carboxylic acids is 2. The lowest BCUT2D eigenvalue weighted by Gasteiger charge is -2.18. The second-order valence-corrected chi connectivity index (χ2v) is 4.53. The Bertz CT molecular complexity index is 365. The van der Waals surface area contributed by atoms with Gasteiger partial charge < -0.3 is 19.8 Å². The largest absolute Gasteiger partial charge is 0.480 e. The highest BCUT2D eigenvalue weighted by atomic mass is 16.5. The van der Waals surface area contributed by atoms with Crippen molar-refractivity contribution in [1.82, 2.24) is 4.90 Å². The maximum atomic E-state index is 11.7. The number of rotatable bonds is 11. The zero-order valence-corrected chi connectivity index (χ0v) is 12.0. The highest BCUT2D eigenvalue weighted by Crippen LogP contribution is 2.08. The molecule has 21 heavy (non-hydrogen) atoms. The van der Waals surface area contributed by atoms with Gasteiger partial charge >= 0.3 is 17.9 Å². The first kappa shape index (κ1) is 18.9. The maximum Gasteiger partial charge on any atom is 0.323 e. The lowest BCUT2D eigenvalue weighted by Crippen LogP contribution is -2.39. The summed E-state index contributed by atoms with van der Waals surface area (Å²) >= 11 is 0. The molecule has 0 aliphatic heterocycles. The minimum atomic E-state index is -1.25. The fraction of sp³-hybridized carbons (Fsp3) is 0.692. The van der Waals surface area contributed by atoms with Crippen LogP contribution in [0, 0.1) is 0 Å². The number of carboxylic acids is 2. The van der Waals surface area contributed by atoms with E-state index in [9.17, 15) is 19.2 Å². The second-order valence-electron chi connectivity index (χ2n) is 4.53. The Labute approximate surface area is 122 Å². The molecule has 0 heterocycles. The topological polar surface area (TPSA) is 121 Å². The highest BCUT2D eigenvalue weighted by molar-refractivity contribution is 5.85. The van der Waals surface area contributed by atoms with Crippen LogP contribution in [0.2, 0.25) is 0 Å². The quantitative estimate of drug-likeness (QED) is 0.421. The number of carbonyl (C=O) groups is 4. The smallest absolute Gasteiger partial charge is 0.323 e. The van der Waals surface area contributed by atoms with E-state index in [4.69, 9.17) is 10.2 Å². The lowest BCUT2D eigenvalue weighted by atomic mass is 10.1. The van der Waals surface area contributed by atoms with Crippen LogP contribution >= 0.6 is 0 Å². The summed E-state index contributed by atoms with van der Waals surface area (Å²) in [4.78, 5) is 44.5. The van der Waals surface area contributed by atoms with E-state index < -0.39 is 30.9 Å². The molecule has 0 unspecified atom stereocenters. The van der Waals surface area contributed by atoms with Crippen molar-refractivity contribution < 1.29 is 34.1 Å². The Hall–Kier alpha value is -2.12. The minimum absolute atomic E-state index is 0.0960. The number of nitrogens with zero attached hydrogens (tertiary/aromatic N) is 1. The van der Waals surface area contributed by atoms with Crippen molar-refractivity contribution in [2.45, 2.75) is 38.5 Å². The van der Waals surface area contributed by atoms with Gasteiger partial charge in [0.2, 0.25) is 5.91 Å². The lowest BCUT2D eigenvalue weighted by molar-refractivity contribution is -0.149. The molecule has 0 rings (SSSR count). The Morgan fingerprint density at radius 2 is 1.33 bits per heavy atom. The molecular formula is C13H21NO7. The van der Waals surface area contributed by atoms with E-state index in [1.807, 2.05) is 0 Å². The van der Waals surface area contributed by atoms with Crippen LogP contribution in [0.1, 0.15) is 38.5 Å². The second kappa shape index (κ2) is 10.6. The third kappa shape index (κ3) is 10.3. The van der Waals surface area contributed by atoms with E-state index in [0.29, 0.717) is 25.7 Å². The van der Waals surface area contributed by atoms with Crippen LogP contribution in [0.15, 0.2) is 0 Å². The monoisotopic (exact) mass is 303 g/mol. The van der Waals surface area contributed by atoms with Gasteiger partial charge in [0.25, 0.3) is 0 Å². The van der Waals surface area contributed by atoms with E-state index in [0.717, 1.165) is 11.3 Å². The van der Waals surface area contributed by atoms with Gasteiger partial charge in [0.05, 0.1) is 7.11 Å². The molecule has 0 aromatic rings. The first-order valence-corrected chi connectivity index (χ1v) is 6.65. The zero-order valence-electron chi connectivity index (χ0n) is 12.0. The van der Waals surface area contributed by atoms with Gasteiger partial charge in [-0.2, -0.15) is 0 Å². The average molecular weight is 303 g/mol. The molecule has 2 N–H and O–H groups in total. The fourth-order valence-electron chi connectivity index (χ4n) is 1.72. The number of aliphatic carboxylic acids is 2. The van der Waals surface area contributed by atoms with Crippen LogP contribution in [0.3, 0.4) is 0 Å². The Morgan fingerprint density at radius 1 is 0.857 bits per heavy atom. The van der Waals surface area contributed by atoms with Crippen molar-refractivity contribution in [3.8, 4) is 0 Å². The van der Waals surface area contributed by atoms with E-state index in [1.165, 1.54) is 7.11 Å². The summed E-state index contributed by atoms with van der Waals surface area (Å²) in [6, 6.07) is 0. The molecule has 0 fully saturated rings. The van der Waals surface area contributed by atoms with Gasteiger partial charge in [-0.1, -0.05) is 12.8 Å². The number of ether oxygens (including phenoxy) is 1. The van der Waals surface area contributed by atoms with Gasteiger partial charge in [0.1, 0.15) is 13.1 Å². The van der Waals surface area contributed by atoms with Gasteiger partial charge in [-0.15, -0.1) is 0 Å². The normalized spacial score (nSPS) is 9.95. The first-order chi connectivity index (χ1) is 9.86. The molecular weight excluding hydrogens is 282 g/mol. The summed E-state index contributed by atoms with van der Waals surface area (Å²) < 4.78 is 4.49.